The van der Waals surface area contributed by atoms with Gasteiger partial charge in [-0.25, -0.2) is 0 Å². The number of para-hydroxylation sites is 4. The van der Waals surface area contributed by atoms with Crippen LogP contribution < -0.4 is 15.0 Å². The van der Waals surface area contributed by atoms with Crippen LogP contribution in [-0.2, 0) is 16.2 Å². The number of nitrogens with one attached hydrogen (secondary N) is 1. The molecule has 0 saturated carbocycles. The summed E-state index contributed by atoms with van der Waals surface area (Å²) < 4.78 is 7.91. The highest BCUT2D eigenvalue weighted by molar-refractivity contribution is 7.99. The molecule has 0 atom stereocenters. The molecule has 1 aliphatic rings. The number of amides is 2. The molecule has 3 aromatic carbocycles. The minimum Gasteiger partial charge on any atom is -0.485 e. The molecule has 0 unspecified atom stereocenters. The fourth-order valence-corrected chi connectivity index (χ4v) is 4.69. The summed E-state index contributed by atoms with van der Waals surface area (Å²) in [4.78, 5) is 26.8. The molecular formula is C26H23N5O3S. The first kappa shape index (κ1) is 22.7. The van der Waals surface area contributed by atoms with Gasteiger partial charge in [-0.1, -0.05) is 60.3 Å². The van der Waals surface area contributed by atoms with Crippen molar-refractivity contribution in [2.45, 2.75) is 18.7 Å². The molecule has 2 heterocycles. The molecule has 0 spiro atoms. The summed E-state index contributed by atoms with van der Waals surface area (Å²) in [6.45, 7) is 2.20. The average Bonchev–Trinajstić information content (AvgIpc) is 3.29. The summed E-state index contributed by atoms with van der Waals surface area (Å²) >= 11 is 1.28. The van der Waals surface area contributed by atoms with Crippen LogP contribution >= 0.6 is 11.8 Å². The van der Waals surface area contributed by atoms with E-state index >= 15 is 0 Å². The summed E-state index contributed by atoms with van der Waals surface area (Å²) in [6, 6.07) is 24.8. The van der Waals surface area contributed by atoms with Gasteiger partial charge >= 0.3 is 0 Å². The standard InChI is InChI=1S/C26H23N5O3S/c1-18-9-5-8-14-22(18)34-16-23-28-29-26(31(23)19-10-3-2-4-11-19)35-17-25(33)30-15-24(32)27-20-12-6-7-13-21(20)30/h2-14H,15-17H2,1H3,(H,27,32). The maximum Gasteiger partial charge on any atom is 0.244 e. The van der Waals surface area contributed by atoms with Crippen molar-refractivity contribution in [3.63, 3.8) is 0 Å². The average molecular weight is 486 g/mol. The van der Waals surface area contributed by atoms with Crippen LogP contribution in [0, 0.1) is 6.92 Å². The van der Waals surface area contributed by atoms with Crippen molar-refractivity contribution in [1.82, 2.24) is 14.8 Å². The third kappa shape index (κ3) is 4.90. The molecule has 176 valence electrons. The lowest BCUT2D eigenvalue weighted by Crippen LogP contribution is -2.43. The van der Waals surface area contributed by atoms with Gasteiger partial charge in [-0.2, -0.15) is 0 Å². The molecule has 1 aliphatic heterocycles. The molecule has 8 nitrogen and oxygen atoms in total. The van der Waals surface area contributed by atoms with Crippen molar-refractivity contribution < 1.29 is 14.3 Å². The molecule has 0 saturated heterocycles. The fraction of sp³-hybridized carbons (Fsp3) is 0.154. The Bertz CT molecular complexity index is 1370. The van der Waals surface area contributed by atoms with E-state index in [4.69, 9.17) is 4.74 Å². The van der Waals surface area contributed by atoms with Crippen molar-refractivity contribution in [2.24, 2.45) is 0 Å². The van der Waals surface area contributed by atoms with Crippen molar-refractivity contribution >= 4 is 35.0 Å². The largest absolute Gasteiger partial charge is 0.485 e. The quantitative estimate of drug-likeness (QED) is 0.394. The number of anilines is 2. The summed E-state index contributed by atoms with van der Waals surface area (Å²) in [5.41, 5.74) is 3.22. The maximum absolute atomic E-state index is 13.1. The summed E-state index contributed by atoms with van der Waals surface area (Å²) in [6.07, 6.45) is 0. The number of hydrogen-bond donors (Lipinski definition) is 1. The fourth-order valence-electron chi connectivity index (χ4n) is 3.84. The van der Waals surface area contributed by atoms with E-state index in [2.05, 4.69) is 15.5 Å². The normalized spacial score (nSPS) is 12.7. The second kappa shape index (κ2) is 10.0. The Kier molecular flexibility index (Phi) is 6.49. The van der Waals surface area contributed by atoms with Gasteiger partial charge in [0.15, 0.2) is 11.0 Å². The first-order valence-corrected chi connectivity index (χ1v) is 12.1. The lowest BCUT2D eigenvalue weighted by atomic mass is 10.2. The lowest BCUT2D eigenvalue weighted by Gasteiger charge is -2.29. The number of benzene rings is 3. The topological polar surface area (TPSA) is 89.4 Å². The van der Waals surface area contributed by atoms with E-state index < -0.39 is 0 Å². The molecule has 9 heteroatoms. The van der Waals surface area contributed by atoms with Gasteiger partial charge < -0.3 is 15.0 Å². The molecule has 35 heavy (non-hydrogen) atoms. The first-order chi connectivity index (χ1) is 17.1. The second-order valence-electron chi connectivity index (χ2n) is 7.96. The number of thioether (sulfide) groups is 1. The number of fused-ring (bicyclic) bond motifs is 1. The van der Waals surface area contributed by atoms with Gasteiger partial charge in [0, 0.05) is 5.69 Å². The predicted molar refractivity (Wildman–Crippen MR) is 135 cm³/mol. The monoisotopic (exact) mass is 485 g/mol. The van der Waals surface area contributed by atoms with Crippen molar-refractivity contribution in [2.75, 3.05) is 22.5 Å². The third-order valence-corrected chi connectivity index (χ3v) is 6.48. The number of rotatable bonds is 7. The van der Waals surface area contributed by atoms with Crippen LogP contribution in [0.4, 0.5) is 11.4 Å². The van der Waals surface area contributed by atoms with Gasteiger partial charge in [0.05, 0.1) is 17.1 Å². The molecule has 2 amide bonds. The van der Waals surface area contributed by atoms with Gasteiger partial charge in [0.1, 0.15) is 18.9 Å². The zero-order valence-corrected chi connectivity index (χ0v) is 19.9. The third-order valence-electron chi connectivity index (χ3n) is 5.56. The van der Waals surface area contributed by atoms with Crippen molar-refractivity contribution in [3.8, 4) is 11.4 Å². The van der Waals surface area contributed by atoms with Gasteiger partial charge in [0.25, 0.3) is 0 Å². The predicted octanol–water partition coefficient (Wildman–Crippen LogP) is 4.23. The van der Waals surface area contributed by atoms with E-state index in [1.165, 1.54) is 16.7 Å². The molecule has 1 N–H and O–H groups in total. The summed E-state index contributed by atoms with van der Waals surface area (Å²) in [5.74, 6) is 1.10. The van der Waals surface area contributed by atoms with Crippen molar-refractivity contribution in [3.05, 3.63) is 90.3 Å². The minimum atomic E-state index is -0.217. The Morgan fingerprint density at radius 1 is 1.00 bits per heavy atom. The van der Waals surface area contributed by atoms with E-state index in [1.807, 2.05) is 84.3 Å². The van der Waals surface area contributed by atoms with Gasteiger partial charge in [-0.3, -0.25) is 14.2 Å². The van der Waals surface area contributed by atoms with Crippen LogP contribution in [0.15, 0.2) is 84.0 Å². The van der Waals surface area contributed by atoms with Crippen LogP contribution in [0.1, 0.15) is 11.4 Å². The molecule has 0 aliphatic carbocycles. The van der Waals surface area contributed by atoms with Gasteiger partial charge in [-0.15, -0.1) is 10.2 Å². The van der Waals surface area contributed by atoms with Gasteiger partial charge in [-0.05, 0) is 42.8 Å². The van der Waals surface area contributed by atoms with Crippen LogP contribution in [0.2, 0.25) is 0 Å². The van der Waals surface area contributed by atoms with E-state index in [1.54, 1.807) is 6.07 Å². The number of nitrogens with zero attached hydrogens (tertiary/aromatic N) is 4. The van der Waals surface area contributed by atoms with Crippen LogP contribution in [0.5, 0.6) is 5.75 Å². The van der Waals surface area contributed by atoms with E-state index in [0.29, 0.717) is 22.4 Å². The number of aryl methyl sites for hydroxylation is 1. The molecule has 1 aromatic heterocycles. The number of carbonyl (C=O) groups is 2. The number of hydrogen-bond acceptors (Lipinski definition) is 6. The Hall–Kier alpha value is -4.11. The van der Waals surface area contributed by atoms with E-state index in [0.717, 1.165) is 17.0 Å². The Morgan fingerprint density at radius 3 is 2.57 bits per heavy atom. The van der Waals surface area contributed by atoms with Crippen LogP contribution in [0.25, 0.3) is 5.69 Å². The molecule has 0 fully saturated rings. The molecule has 4 aromatic rings. The van der Waals surface area contributed by atoms with Crippen LogP contribution in [-0.4, -0.2) is 38.9 Å². The molecular weight excluding hydrogens is 462 g/mol. The molecule has 0 bridgehead atoms. The number of carbonyl (C=O) groups excluding carboxylic acids is 2. The summed E-state index contributed by atoms with van der Waals surface area (Å²) in [7, 11) is 0. The van der Waals surface area contributed by atoms with Crippen molar-refractivity contribution in [1.29, 1.82) is 0 Å². The number of ether oxygens (including phenoxy) is 1. The highest BCUT2D eigenvalue weighted by atomic mass is 32.2. The summed E-state index contributed by atoms with van der Waals surface area (Å²) in [5, 5.41) is 12.1. The molecule has 0 radical (unpaired) electrons. The smallest absolute Gasteiger partial charge is 0.244 e. The Balaban J connectivity index is 1.37. The van der Waals surface area contributed by atoms with E-state index in [-0.39, 0.29) is 30.7 Å². The lowest BCUT2D eigenvalue weighted by molar-refractivity contribution is -0.120. The maximum atomic E-state index is 13.1. The zero-order chi connectivity index (χ0) is 24.2. The first-order valence-electron chi connectivity index (χ1n) is 11.1. The Morgan fingerprint density at radius 2 is 1.74 bits per heavy atom. The van der Waals surface area contributed by atoms with Gasteiger partial charge in [0.2, 0.25) is 11.8 Å². The Labute approximate surface area is 206 Å². The molecule has 5 rings (SSSR count). The SMILES string of the molecule is Cc1ccccc1OCc1nnc(SCC(=O)N2CC(=O)Nc3ccccc32)n1-c1ccccc1. The van der Waals surface area contributed by atoms with Crippen LogP contribution in [0.3, 0.4) is 0 Å². The minimum absolute atomic E-state index is 0.0166. The highest BCUT2D eigenvalue weighted by Crippen LogP contribution is 2.30. The highest BCUT2D eigenvalue weighted by Gasteiger charge is 2.27. The second-order valence-corrected chi connectivity index (χ2v) is 8.90. The number of aromatic nitrogens is 3. The van der Waals surface area contributed by atoms with E-state index in [9.17, 15) is 9.59 Å². The zero-order valence-electron chi connectivity index (χ0n) is 19.0.